The van der Waals surface area contributed by atoms with Crippen molar-refractivity contribution >= 4 is 51.0 Å². The first kappa shape index (κ1) is 28.7. The summed E-state index contributed by atoms with van der Waals surface area (Å²) in [6.45, 7) is 1.48. The van der Waals surface area contributed by atoms with Gasteiger partial charge in [-0.2, -0.15) is 13.2 Å². The highest BCUT2D eigenvalue weighted by molar-refractivity contribution is 7.21. The van der Waals surface area contributed by atoms with Crippen LogP contribution in [0.15, 0.2) is 60.7 Å². The Labute approximate surface area is 247 Å². The first-order valence-corrected chi connectivity index (χ1v) is 14.2. The summed E-state index contributed by atoms with van der Waals surface area (Å²) in [6.07, 6.45) is -2.27. The highest BCUT2D eigenvalue weighted by Gasteiger charge is 2.52. The third-order valence-corrected chi connectivity index (χ3v) is 9.26. The third-order valence-electron chi connectivity index (χ3n) is 8.09. The number of amides is 3. The summed E-state index contributed by atoms with van der Waals surface area (Å²) in [5.41, 5.74) is -0.191. The highest BCUT2D eigenvalue weighted by Crippen LogP contribution is 2.56. The molecule has 2 N–H and O–H groups in total. The number of fused-ring (bicyclic) bond motifs is 1. The van der Waals surface area contributed by atoms with Crippen LogP contribution in [0.25, 0.3) is 10.1 Å². The minimum Gasteiger partial charge on any atom is -0.496 e. The van der Waals surface area contributed by atoms with Crippen LogP contribution in [-0.2, 0) is 11.0 Å². The summed E-state index contributed by atoms with van der Waals surface area (Å²) >= 11 is 1.06. The van der Waals surface area contributed by atoms with Crippen molar-refractivity contribution in [3.05, 3.63) is 88.0 Å². The third kappa shape index (κ3) is 5.31. The SMILES string of the molecule is COc1ccc(C2CC3(C2)CN(C=O)C3)cc1C(=O)Nc1c(C(=O)Nc2ccc(F)c(C(F)(F)F)c2)sc2ccccc12. The molecule has 1 saturated heterocycles. The lowest BCUT2D eigenvalue weighted by Crippen LogP contribution is -2.60. The van der Waals surface area contributed by atoms with E-state index in [-0.39, 0.29) is 33.1 Å². The van der Waals surface area contributed by atoms with Crippen molar-refractivity contribution in [3.8, 4) is 5.75 Å². The second kappa shape index (κ2) is 10.7. The molecule has 0 atom stereocenters. The molecular weight excluding hydrogens is 586 g/mol. The Bertz CT molecular complexity index is 1760. The van der Waals surface area contributed by atoms with Crippen molar-refractivity contribution in [1.29, 1.82) is 0 Å². The van der Waals surface area contributed by atoms with E-state index in [0.29, 0.717) is 28.0 Å². The number of hydrogen-bond donors (Lipinski definition) is 2. The lowest BCUT2D eigenvalue weighted by Gasteiger charge is -2.58. The largest absolute Gasteiger partial charge is 0.496 e. The molecule has 0 radical (unpaired) electrons. The highest BCUT2D eigenvalue weighted by atomic mass is 32.1. The second-order valence-corrected chi connectivity index (χ2v) is 12.0. The molecule has 0 bridgehead atoms. The Morgan fingerprint density at radius 1 is 1.02 bits per heavy atom. The Hall–Kier alpha value is -4.45. The molecule has 2 heterocycles. The van der Waals surface area contributed by atoms with Crippen LogP contribution in [0.2, 0.25) is 0 Å². The normalized spacial score (nSPS) is 16.0. The topological polar surface area (TPSA) is 87.7 Å². The number of likely N-dealkylation sites (tertiary alicyclic amines) is 1. The van der Waals surface area contributed by atoms with E-state index in [1.807, 2.05) is 6.07 Å². The van der Waals surface area contributed by atoms with Gasteiger partial charge in [0.25, 0.3) is 11.8 Å². The molecule has 1 saturated carbocycles. The van der Waals surface area contributed by atoms with Gasteiger partial charge in [-0.25, -0.2) is 4.39 Å². The number of ether oxygens (including phenoxy) is 1. The van der Waals surface area contributed by atoms with Gasteiger partial charge in [-0.05, 0) is 60.7 Å². The van der Waals surface area contributed by atoms with Crippen molar-refractivity contribution < 1.29 is 36.7 Å². The summed E-state index contributed by atoms with van der Waals surface area (Å²) in [7, 11) is 1.45. The van der Waals surface area contributed by atoms with E-state index in [0.717, 1.165) is 55.3 Å². The molecule has 4 aromatic rings. The van der Waals surface area contributed by atoms with Gasteiger partial charge in [0.2, 0.25) is 6.41 Å². The van der Waals surface area contributed by atoms with E-state index in [1.54, 1.807) is 41.3 Å². The minimum atomic E-state index is -4.94. The lowest BCUT2D eigenvalue weighted by atomic mass is 9.56. The second-order valence-electron chi connectivity index (χ2n) is 11.0. The van der Waals surface area contributed by atoms with Gasteiger partial charge in [0.15, 0.2) is 0 Å². The van der Waals surface area contributed by atoms with Crippen molar-refractivity contribution in [3.63, 3.8) is 0 Å². The van der Waals surface area contributed by atoms with Crippen LogP contribution < -0.4 is 15.4 Å². The van der Waals surface area contributed by atoms with Crippen molar-refractivity contribution in [2.24, 2.45) is 5.41 Å². The summed E-state index contributed by atoms with van der Waals surface area (Å²) in [5.74, 6) is -2.18. The number of benzene rings is 3. The van der Waals surface area contributed by atoms with Crippen LogP contribution in [0.1, 0.15) is 49.9 Å². The van der Waals surface area contributed by atoms with Crippen molar-refractivity contribution in [2.75, 3.05) is 30.8 Å². The Balaban J connectivity index is 1.27. The minimum absolute atomic E-state index is 0.0632. The Kier molecular flexibility index (Phi) is 7.11. The standard InChI is InChI=1S/C31H25F4N3O4S/c1-42-24-9-6-17(18-12-30(13-18)14-38(15-30)16-39)10-21(24)28(40)37-26-20-4-2-3-5-25(20)43-27(26)29(41)36-19-7-8-23(32)22(11-19)31(33,34)35/h2-11,16,18H,12-15H2,1H3,(H,36,41)(H,37,40). The molecule has 2 fully saturated rings. The van der Waals surface area contributed by atoms with E-state index in [2.05, 4.69) is 10.6 Å². The van der Waals surface area contributed by atoms with Gasteiger partial charge in [-0.1, -0.05) is 24.3 Å². The zero-order valence-corrected chi connectivity index (χ0v) is 23.6. The number of carbonyl (C=O) groups excluding carboxylic acids is 3. The summed E-state index contributed by atoms with van der Waals surface area (Å²) < 4.78 is 59.6. The maximum absolute atomic E-state index is 13.8. The molecule has 1 spiro atoms. The first-order valence-electron chi connectivity index (χ1n) is 13.4. The predicted molar refractivity (Wildman–Crippen MR) is 154 cm³/mol. The molecule has 2 aliphatic rings. The number of methoxy groups -OCH3 is 1. The molecule has 0 unspecified atom stereocenters. The Morgan fingerprint density at radius 2 is 1.77 bits per heavy atom. The first-order chi connectivity index (χ1) is 20.5. The van der Waals surface area contributed by atoms with Gasteiger partial charge >= 0.3 is 6.18 Å². The zero-order valence-electron chi connectivity index (χ0n) is 22.8. The van der Waals surface area contributed by atoms with E-state index in [9.17, 15) is 31.9 Å². The summed E-state index contributed by atoms with van der Waals surface area (Å²) in [6, 6.07) is 14.6. The summed E-state index contributed by atoms with van der Waals surface area (Å²) in [5, 5.41) is 5.81. The average Bonchev–Trinajstić information content (AvgIpc) is 3.30. The molecule has 3 aromatic carbocycles. The average molecular weight is 612 g/mol. The van der Waals surface area contributed by atoms with E-state index < -0.39 is 29.4 Å². The monoisotopic (exact) mass is 611 g/mol. The maximum atomic E-state index is 13.8. The van der Waals surface area contributed by atoms with Crippen molar-refractivity contribution in [1.82, 2.24) is 4.90 Å². The van der Waals surface area contributed by atoms with E-state index >= 15 is 0 Å². The number of carbonyl (C=O) groups is 3. The van der Waals surface area contributed by atoms with Gasteiger partial charge in [0.1, 0.15) is 16.4 Å². The molecule has 222 valence electrons. The lowest BCUT2D eigenvalue weighted by molar-refractivity contribution is -0.140. The van der Waals surface area contributed by atoms with Crippen LogP contribution in [0.5, 0.6) is 5.75 Å². The van der Waals surface area contributed by atoms with Crippen LogP contribution >= 0.6 is 11.3 Å². The number of nitrogens with one attached hydrogen (secondary N) is 2. The predicted octanol–water partition coefficient (Wildman–Crippen LogP) is 6.91. The van der Waals surface area contributed by atoms with Gasteiger partial charge in [0, 0.05) is 34.3 Å². The van der Waals surface area contributed by atoms with Gasteiger partial charge in [-0.15, -0.1) is 11.3 Å². The van der Waals surface area contributed by atoms with E-state index in [4.69, 9.17) is 4.74 Å². The number of hydrogen-bond acceptors (Lipinski definition) is 5. The van der Waals surface area contributed by atoms with Crippen LogP contribution in [0.3, 0.4) is 0 Å². The number of anilines is 2. The molecule has 12 heteroatoms. The van der Waals surface area contributed by atoms with Crippen LogP contribution in [-0.4, -0.2) is 43.3 Å². The number of halogens is 4. The Morgan fingerprint density at radius 3 is 2.47 bits per heavy atom. The molecule has 3 amide bonds. The van der Waals surface area contributed by atoms with E-state index in [1.165, 1.54) is 7.11 Å². The number of thiophene rings is 1. The van der Waals surface area contributed by atoms with Crippen LogP contribution in [0, 0.1) is 11.2 Å². The summed E-state index contributed by atoms with van der Waals surface area (Å²) in [4.78, 5) is 39.8. The van der Waals surface area contributed by atoms with Gasteiger partial charge < -0.3 is 20.3 Å². The molecule has 6 rings (SSSR count). The smallest absolute Gasteiger partial charge is 0.419 e. The maximum Gasteiger partial charge on any atom is 0.419 e. The molecule has 7 nitrogen and oxygen atoms in total. The fraction of sp³-hybridized carbons (Fsp3) is 0.258. The quantitative estimate of drug-likeness (QED) is 0.176. The zero-order chi connectivity index (χ0) is 30.5. The molecule has 1 aliphatic carbocycles. The number of nitrogens with zero attached hydrogens (tertiary/aromatic N) is 1. The van der Waals surface area contributed by atoms with Crippen LogP contribution in [0.4, 0.5) is 28.9 Å². The fourth-order valence-corrected chi connectivity index (χ4v) is 7.10. The molecular formula is C31H25F4N3O4S. The van der Waals surface area contributed by atoms with Gasteiger partial charge in [0.05, 0.1) is 23.9 Å². The number of alkyl halides is 3. The van der Waals surface area contributed by atoms with Gasteiger partial charge in [-0.3, -0.25) is 14.4 Å². The molecule has 43 heavy (non-hydrogen) atoms. The number of rotatable bonds is 7. The molecule has 1 aliphatic heterocycles. The molecule has 1 aromatic heterocycles. The van der Waals surface area contributed by atoms with Crippen molar-refractivity contribution in [2.45, 2.75) is 24.9 Å². The fourth-order valence-electron chi connectivity index (χ4n) is 6.04.